The summed E-state index contributed by atoms with van der Waals surface area (Å²) in [5.74, 6) is -0.912. The molecule has 2 aromatic carbocycles. The van der Waals surface area contributed by atoms with Crippen molar-refractivity contribution in [2.24, 2.45) is 0 Å². The summed E-state index contributed by atoms with van der Waals surface area (Å²) >= 11 is 7.57. The van der Waals surface area contributed by atoms with Gasteiger partial charge in [-0.25, -0.2) is 0 Å². The molecule has 0 saturated carbocycles. The number of hydrogen-bond donors (Lipinski definition) is 1. The summed E-state index contributed by atoms with van der Waals surface area (Å²) in [6.45, 7) is 0. The van der Waals surface area contributed by atoms with Crippen LogP contribution < -0.4 is 19.1 Å². The van der Waals surface area contributed by atoms with Crippen molar-refractivity contribution in [1.29, 1.82) is 0 Å². The number of ether oxygens (including phenoxy) is 3. The Balaban J connectivity index is 1.96. The number of hydrogen-bond acceptors (Lipinski definition) is 7. The van der Waals surface area contributed by atoms with E-state index in [-0.39, 0.29) is 33.4 Å². The highest BCUT2D eigenvalue weighted by molar-refractivity contribution is 7.10. The van der Waals surface area contributed by atoms with Gasteiger partial charge in [-0.15, -0.1) is 11.3 Å². The van der Waals surface area contributed by atoms with Crippen molar-refractivity contribution in [1.82, 2.24) is 0 Å². The molecule has 4 rings (SSSR count). The predicted octanol–water partition coefficient (Wildman–Crippen LogP) is 5.05. The third-order valence-electron chi connectivity index (χ3n) is 5.32. The van der Waals surface area contributed by atoms with Crippen molar-refractivity contribution in [3.05, 3.63) is 74.9 Å². The smallest absolute Gasteiger partial charge is 0.300 e. The maximum atomic E-state index is 13.3. The number of thiophene rings is 1. The number of nitrogens with zero attached hydrogens (tertiary/aromatic N) is 1. The van der Waals surface area contributed by atoms with Crippen LogP contribution in [0.3, 0.4) is 0 Å². The monoisotopic (exact) mass is 485 g/mol. The first-order chi connectivity index (χ1) is 15.9. The van der Waals surface area contributed by atoms with Crippen molar-refractivity contribution in [2.45, 2.75) is 6.04 Å². The standard InChI is InChI=1S/C24H20ClNO6S/c1-30-14-7-4-6-13(10-14)26-21(19-8-5-9-33-19)20(23(28)24(26)29)22(27)15-11-18(32-3)16(25)12-17(15)31-2/h4-12,21,27H,1-3H3/b22-20+. The molecule has 9 heteroatoms. The number of anilines is 1. The second kappa shape index (κ2) is 9.17. The minimum Gasteiger partial charge on any atom is -0.507 e. The lowest BCUT2D eigenvalue weighted by Gasteiger charge is -2.24. The fourth-order valence-corrected chi connectivity index (χ4v) is 4.82. The molecule has 1 aliphatic heterocycles. The van der Waals surface area contributed by atoms with E-state index in [1.165, 1.54) is 49.7 Å². The topological polar surface area (TPSA) is 85.3 Å². The molecular formula is C24H20ClNO6S. The van der Waals surface area contributed by atoms with Crippen LogP contribution in [0.25, 0.3) is 5.76 Å². The highest BCUT2D eigenvalue weighted by atomic mass is 35.5. The van der Waals surface area contributed by atoms with Crippen molar-refractivity contribution in [2.75, 3.05) is 26.2 Å². The van der Waals surface area contributed by atoms with E-state index < -0.39 is 17.7 Å². The lowest BCUT2D eigenvalue weighted by Crippen LogP contribution is -2.29. The van der Waals surface area contributed by atoms with Gasteiger partial charge in [0.2, 0.25) is 0 Å². The molecule has 1 aromatic heterocycles. The second-order valence-electron chi connectivity index (χ2n) is 7.07. The van der Waals surface area contributed by atoms with Crippen LogP contribution in [0.2, 0.25) is 5.02 Å². The van der Waals surface area contributed by atoms with Gasteiger partial charge in [-0.2, -0.15) is 0 Å². The lowest BCUT2D eigenvalue weighted by molar-refractivity contribution is -0.132. The summed E-state index contributed by atoms with van der Waals surface area (Å²) < 4.78 is 15.9. The highest BCUT2D eigenvalue weighted by Gasteiger charge is 2.47. The maximum absolute atomic E-state index is 13.3. The third-order valence-corrected chi connectivity index (χ3v) is 6.54. The molecule has 0 aliphatic carbocycles. The first kappa shape index (κ1) is 22.7. The number of aliphatic hydroxyl groups excluding tert-OH is 1. The second-order valence-corrected chi connectivity index (χ2v) is 8.46. The van der Waals surface area contributed by atoms with Crippen LogP contribution in [0.4, 0.5) is 5.69 Å². The van der Waals surface area contributed by atoms with E-state index in [1.54, 1.807) is 30.3 Å². The first-order valence-electron chi connectivity index (χ1n) is 9.81. The summed E-state index contributed by atoms with van der Waals surface area (Å²) in [6, 6.07) is 12.6. The summed E-state index contributed by atoms with van der Waals surface area (Å²) in [7, 11) is 4.37. The normalized spacial score (nSPS) is 17.3. The summed E-state index contributed by atoms with van der Waals surface area (Å²) in [5.41, 5.74) is 0.589. The van der Waals surface area contributed by atoms with Crippen LogP contribution in [0.1, 0.15) is 16.5 Å². The largest absolute Gasteiger partial charge is 0.507 e. The summed E-state index contributed by atoms with van der Waals surface area (Å²) in [5, 5.41) is 13.5. The van der Waals surface area contributed by atoms with Gasteiger partial charge in [0, 0.05) is 22.7 Å². The van der Waals surface area contributed by atoms with Gasteiger partial charge in [0.05, 0.1) is 37.5 Å². The van der Waals surface area contributed by atoms with Crippen LogP contribution in [-0.2, 0) is 9.59 Å². The first-order valence-corrected chi connectivity index (χ1v) is 11.1. The van der Waals surface area contributed by atoms with Crippen LogP contribution >= 0.6 is 22.9 Å². The van der Waals surface area contributed by atoms with E-state index in [4.69, 9.17) is 25.8 Å². The Bertz CT molecular complexity index is 1250. The van der Waals surface area contributed by atoms with E-state index in [0.717, 1.165) is 0 Å². The summed E-state index contributed by atoms with van der Waals surface area (Å²) in [4.78, 5) is 28.5. The Morgan fingerprint density at radius 1 is 1.00 bits per heavy atom. The van der Waals surface area contributed by atoms with Gasteiger partial charge < -0.3 is 19.3 Å². The molecule has 1 atom stereocenters. The Morgan fingerprint density at radius 2 is 1.76 bits per heavy atom. The zero-order valence-electron chi connectivity index (χ0n) is 18.0. The Kier molecular flexibility index (Phi) is 6.31. The van der Waals surface area contributed by atoms with Crippen molar-refractivity contribution < 1.29 is 28.9 Å². The predicted molar refractivity (Wildman–Crippen MR) is 127 cm³/mol. The number of methoxy groups -OCH3 is 3. The fraction of sp³-hybridized carbons (Fsp3) is 0.167. The van der Waals surface area contributed by atoms with Crippen molar-refractivity contribution >= 4 is 46.1 Å². The maximum Gasteiger partial charge on any atom is 0.300 e. The molecule has 0 radical (unpaired) electrons. The average molecular weight is 486 g/mol. The van der Waals surface area contributed by atoms with Gasteiger partial charge in [0.25, 0.3) is 11.7 Å². The fourth-order valence-electron chi connectivity index (χ4n) is 3.77. The van der Waals surface area contributed by atoms with Gasteiger partial charge in [-0.3, -0.25) is 14.5 Å². The van der Waals surface area contributed by atoms with Gasteiger partial charge >= 0.3 is 0 Å². The Morgan fingerprint density at radius 3 is 2.39 bits per heavy atom. The number of halogens is 1. The van der Waals surface area contributed by atoms with Gasteiger partial charge in [-0.05, 0) is 29.6 Å². The number of Topliss-reactive ketones (excluding diaryl/α,β-unsaturated/α-hetero) is 1. The molecule has 1 aliphatic rings. The Hall–Kier alpha value is -3.49. The molecule has 1 saturated heterocycles. The quantitative estimate of drug-likeness (QED) is 0.298. The number of ketones is 1. The van der Waals surface area contributed by atoms with Crippen molar-refractivity contribution in [3.8, 4) is 17.2 Å². The van der Waals surface area contributed by atoms with Crippen LogP contribution in [-0.4, -0.2) is 38.1 Å². The molecule has 0 spiro atoms. The van der Waals surface area contributed by atoms with E-state index in [1.807, 2.05) is 11.4 Å². The molecule has 1 fully saturated rings. The van der Waals surface area contributed by atoms with E-state index in [0.29, 0.717) is 16.3 Å². The molecule has 1 N–H and O–H groups in total. The highest BCUT2D eigenvalue weighted by Crippen LogP contribution is 2.46. The molecule has 0 bridgehead atoms. The number of carbonyl (C=O) groups is 2. The van der Waals surface area contributed by atoms with E-state index in [2.05, 4.69) is 0 Å². The summed E-state index contributed by atoms with van der Waals surface area (Å²) in [6.07, 6.45) is 0. The number of rotatable bonds is 6. The van der Waals surface area contributed by atoms with Gasteiger partial charge in [-0.1, -0.05) is 23.7 Å². The average Bonchev–Trinajstić information content (AvgIpc) is 3.45. The molecule has 170 valence electrons. The molecule has 3 aromatic rings. The van der Waals surface area contributed by atoms with E-state index in [9.17, 15) is 14.7 Å². The Labute approximate surface area is 199 Å². The molecule has 7 nitrogen and oxygen atoms in total. The minimum absolute atomic E-state index is 0.0621. The number of benzene rings is 2. The number of aliphatic hydroxyl groups is 1. The van der Waals surface area contributed by atoms with E-state index >= 15 is 0 Å². The number of amides is 1. The van der Waals surface area contributed by atoms with Gasteiger partial charge in [0.1, 0.15) is 29.0 Å². The molecule has 33 heavy (non-hydrogen) atoms. The van der Waals surface area contributed by atoms with Crippen LogP contribution in [0.5, 0.6) is 17.2 Å². The van der Waals surface area contributed by atoms with Crippen LogP contribution in [0, 0.1) is 0 Å². The molecule has 1 amide bonds. The van der Waals surface area contributed by atoms with Gasteiger partial charge in [0.15, 0.2) is 0 Å². The SMILES string of the molecule is COc1cccc(N2C(=O)C(=O)/C(=C(/O)c3cc(OC)c(Cl)cc3OC)C2c2cccs2)c1. The van der Waals surface area contributed by atoms with Crippen LogP contribution in [0.15, 0.2) is 59.5 Å². The lowest BCUT2D eigenvalue weighted by atomic mass is 9.99. The molecule has 1 unspecified atom stereocenters. The molecular weight excluding hydrogens is 466 g/mol. The minimum atomic E-state index is -0.844. The zero-order valence-corrected chi connectivity index (χ0v) is 19.6. The zero-order chi connectivity index (χ0) is 23.7. The number of carbonyl (C=O) groups excluding carboxylic acids is 2. The van der Waals surface area contributed by atoms with Crippen molar-refractivity contribution in [3.63, 3.8) is 0 Å². The third kappa shape index (κ3) is 3.92. The molecule has 2 heterocycles.